The molecule has 8 nitrogen and oxygen atoms in total. The third-order valence-electron chi connectivity index (χ3n) is 4.79. The fraction of sp³-hybridized carbons (Fsp3) is 0.217. The number of thioether (sulfide) groups is 1. The average Bonchev–Trinajstić information content (AvgIpc) is 3.10. The van der Waals surface area contributed by atoms with E-state index in [4.69, 9.17) is 33.3 Å². The van der Waals surface area contributed by atoms with Gasteiger partial charge in [0.15, 0.2) is 11.5 Å². The molecule has 1 saturated heterocycles. The smallest absolute Gasteiger partial charge is 0.269 e. The molecule has 3 rings (SSSR count). The lowest BCUT2D eigenvalue weighted by Crippen LogP contribution is -2.41. The number of rotatable bonds is 8. The van der Waals surface area contributed by atoms with Crippen LogP contribution >= 0.6 is 35.6 Å². The second kappa shape index (κ2) is 11.9. The van der Waals surface area contributed by atoms with Gasteiger partial charge >= 0.3 is 0 Å². The summed E-state index contributed by atoms with van der Waals surface area (Å²) in [5.74, 6) is 0.0906. The summed E-state index contributed by atoms with van der Waals surface area (Å²) in [5.41, 5.74) is 5.84. The van der Waals surface area contributed by atoms with Crippen LogP contribution in [0.3, 0.4) is 0 Å². The minimum absolute atomic E-state index is 0.104. The third kappa shape index (κ3) is 6.49. The molecule has 1 fully saturated rings. The number of ether oxygens (including phenoxy) is 2. The number of thiocarbonyl (C=S) groups is 1. The Hall–Kier alpha value is -3.08. The average molecular weight is 520 g/mol. The van der Waals surface area contributed by atoms with Crippen LogP contribution in [0.4, 0.5) is 0 Å². The zero-order valence-corrected chi connectivity index (χ0v) is 20.8. The van der Waals surface area contributed by atoms with E-state index in [1.54, 1.807) is 56.7 Å². The van der Waals surface area contributed by atoms with Crippen LogP contribution in [0.15, 0.2) is 47.4 Å². The molecular weight excluding hydrogens is 498 g/mol. The zero-order valence-electron chi connectivity index (χ0n) is 18.4. The monoisotopic (exact) mass is 519 g/mol. The molecule has 2 aromatic carbocycles. The first-order valence-corrected chi connectivity index (χ1v) is 11.7. The molecule has 0 spiro atoms. The van der Waals surface area contributed by atoms with Gasteiger partial charge in [0, 0.05) is 23.6 Å². The van der Waals surface area contributed by atoms with Crippen molar-refractivity contribution in [3.05, 3.63) is 63.5 Å². The van der Waals surface area contributed by atoms with E-state index in [2.05, 4.69) is 10.9 Å². The maximum atomic E-state index is 12.8. The quantitative estimate of drug-likeness (QED) is 0.311. The lowest BCUT2D eigenvalue weighted by molar-refractivity contribution is -0.124. The summed E-state index contributed by atoms with van der Waals surface area (Å²) in [4.78, 5) is 38.8. The first-order chi connectivity index (χ1) is 16.3. The van der Waals surface area contributed by atoms with Crippen molar-refractivity contribution in [1.29, 1.82) is 0 Å². The van der Waals surface area contributed by atoms with Gasteiger partial charge in [0.05, 0.1) is 19.1 Å². The first kappa shape index (κ1) is 25.5. The van der Waals surface area contributed by atoms with Crippen LogP contribution in [0.25, 0.3) is 6.08 Å². The topological polar surface area (TPSA) is 97.0 Å². The van der Waals surface area contributed by atoms with Gasteiger partial charge < -0.3 is 9.47 Å². The Balaban J connectivity index is 1.49. The number of nitrogens with one attached hydrogen (secondary N) is 2. The summed E-state index contributed by atoms with van der Waals surface area (Å²) < 4.78 is 11.0. The van der Waals surface area contributed by atoms with Crippen molar-refractivity contribution in [3.63, 3.8) is 0 Å². The van der Waals surface area contributed by atoms with Crippen molar-refractivity contribution < 1.29 is 23.9 Å². The van der Waals surface area contributed by atoms with E-state index in [1.807, 2.05) is 6.07 Å². The van der Waals surface area contributed by atoms with Gasteiger partial charge in [0.25, 0.3) is 11.8 Å². The van der Waals surface area contributed by atoms with Crippen LogP contribution < -0.4 is 20.3 Å². The van der Waals surface area contributed by atoms with Gasteiger partial charge in [-0.05, 0) is 54.5 Å². The van der Waals surface area contributed by atoms with E-state index in [0.29, 0.717) is 37.7 Å². The Bertz CT molecular complexity index is 1140. The van der Waals surface area contributed by atoms with E-state index < -0.39 is 5.91 Å². The van der Waals surface area contributed by atoms with E-state index in [-0.39, 0.29) is 24.8 Å². The normalized spacial score (nSPS) is 14.3. The lowest BCUT2D eigenvalue weighted by atomic mass is 10.2. The number of nitrogens with zero attached hydrogens (tertiary/aromatic N) is 1. The molecule has 3 amide bonds. The van der Waals surface area contributed by atoms with Crippen molar-refractivity contribution in [2.45, 2.75) is 12.8 Å². The number of hydrazine groups is 1. The van der Waals surface area contributed by atoms with Crippen molar-refractivity contribution in [1.82, 2.24) is 15.8 Å². The molecule has 2 N–H and O–H groups in total. The standard InChI is InChI=1S/C23H22ClN3O5S2/c1-31-17-10-5-14(12-18(17)32-2)13-19-22(30)27(23(33)34-19)11-3-4-20(28)25-26-21(29)15-6-8-16(24)9-7-15/h5-10,12-13H,3-4,11H2,1-2H3,(H,25,28)(H,26,29). The maximum absolute atomic E-state index is 12.8. The Kier molecular flexibility index (Phi) is 8.91. The largest absolute Gasteiger partial charge is 0.493 e. The van der Waals surface area contributed by atoms with Crippen LogP contribution in [0.5, 0.6) is 11.5 Å². The van der Waals surface area contributed by atoms with Crippen LogP contribution in [0, 0.1) is 0 Å². The molecule has 1 aliphatic heterocycles. The molecule has 2 aromatic rings. The Morgan fingerprint density at radius 1 is 1.09 bits per heavy atom. The van der Waals surface area contributed by atoms with Gasteiger partial charge in [-0.1, -0.05) is 41.6 Å². The molecule has 0 atom stereocenters. The molecule has 34 heavy (non-hydrogen) atoms. The number of carbonyl (C=O) groups is 3. The van der Waals surface area contributed by atoms with Crippen molar-refractivity contribution in [2.24, 2.45) is 0 Å². The highest BCUT2D eigenvalue weighted by Gasteiger charge is 2.31. The lowest BCUT2D eigenvalue weighted by Gasteiger charge is -2.14. The van der Waals surface area contributed by atoms with E-state index >= 15 is 0 Å². The molecular formula is C23H22ClN3O5S2. The molecule has 11 heteroatoms. The highest BCUT2D eigenvalue weighted by atomic mass is 35.5. The van der Waals surface area contributed by atoms with Gasteiger partial charge in [0.1, 0.15) is 4.32 Å². The van der Waals surface area contributed by atoms with Crippen LogP contribution in [-0.2, 0) is 9.59 Å². The second-order valence-corrected chi connectivity index (χ2v) is 9.17. The minimum atomic E-state index is -0.456. The van der Waals surface area contributed by atoms with Gasteiger partial charge in [0.2, 0.25) is 5.91 Å². The molecule has 0 radical (unpaired) electrons. The van der Waals surface area contributed by atoms with Crippen LogP contribution in [0.2, 0.25) is 5.02 Å². The summed E-state index contributed by atoms with van der Waals surface area (Å²) in [5, 5.41) is 0.509. The van der Waals surface area contributed by atoms with Gasteiger partial charge in [-0.15, -0.1) is 0 Å². The van der Waals surface area contributed by atoms with Gasteiger partial charge in [-0.3, -0.25) is 30.1 Å². The predicted octanol–water partition coefficient (Wildman–Crippen LogP) is 3.80. The summed E-state index contributed by atoms with van der Waals surface area (Å²) in [7, 11) is 3.09. The molecule has 1 aliphatic rings. The summed E-state index contributed by atoms with van der Waals surface area (Å²) in [6, 6.07) is 11.6. The van der Waals surface area contributed by atoms with Gasteiger partial charge in [-0.2, -0.15) is 0 Å². The number of benzene rings is 2. The third-order valence-corrected chi connectivity index (χ3v) is 6.42. The van der Waals surface area contributed by atoms with E-state index in [9.17, 15) is 14.4 Å². The Labute approximate surface area is 211 Å². The van der Waals surface area contributed by atoms with Crippen molar-refractivity contribution >= 4 is 63.7 Å². The van der Waals surface area contributed by atoms with Crippen molar-refractivity contribution in [2.75, 3.05) is 20.8 Å². The predicted molar refractivity (Wildman–Crippen MR) is 136 cm³/mol. The summed E-state index contributed by atoms with van der Waals surface area (Å²) >= 11 is 12.3. The number of methoxy groups -OCH3 is 2. The minimum Gasteiger partial charge on any atom is -0.493 e. The summed E-state index contributed by atoms with van der Waals surface area (Å²) in [6.07, 6.45) is 2.21. The number of hydrogen-bond acceptors (Lipinski definition) is 7. The SMILES string of the molecule is COc1ccc(C=C2SC(=S)N(CCCC(=O)NNC(=O)c3ccc(Cl)cc3)C2=O)cc1OC. The summed E-state index contributed by atoms with van der Waals surface area (Å²) in [6.45, 7) is 0.284. The second-order valence-electron chi connectivity index (χ2n) is 7.06. The van der Waals surface area contributed by atoms with Gasteiger partial charge in [-0.25, -0.2) is 0 Å². The Morgan fingerprint density at radius 2 is 1.79 bits per heavy atom. The first-order valence-electron chi connectivity index (χ1n) is 10.1. The molecule has 0 bridgehead atoms. The molecule has 0 saturated carbocycles. The number of carbonyl (C=O) groups excluding carboxylic acids is 3. The molecule has 1 heterocycles. The molecule has 0 unspecified atom stereocenters. The fourth-order valence-corrected chi connectivity index (χ4v) is 4.48. The molecule has 0 aliphatic carbocycles. The van der Waals surface area contributed by atoms with E-state index in [0.717, 1.165) is 5.56 Å². The van der Waals surface area contributed by atoms with Crippen LogP contribution in [0.1, 0.15) is 28.8 Å². The molecule has 178 valence electrons. The molecule has 0 aromatic heterocycles. The highest BCUT2D eigenvalue weighted by molar-refractivity contribution is 8.26. The van der Waals surface area contributed by atoms with Crippen molar-refractivity contribution in [3.8, 4) is 11.5 Å². The fourth-order valence-electron chi connectivity index (χ4n) is 3.05. The maximum Gasteiger partial charge on any atom is 0.269 e. The number of amides is 3. The van der Waals surface area contributed by atoms with E-state index in [1.165, 1.54) is 16.7 Å². The highest BCUT2D eigenvalue weighted by Crippen LogP contribution is 2.34. The Morgan fingerprint density at radius 3 is 2.47 bits per heavy atom. The number of hydrogen-bond donors (Lipinski definition) is 2. The number of halogens is 1. The van der Waals surface area contributed by atoms with Crippen LogP contribution in [-0.4, -0.2) is 47.7 Å². The zero-order chi connectivity index (χ0) is 24.7.